The first-order chi connectivity index (χ1) is 13.2. The zero-order chi connectivity index (χ0) is 21.1. The summed E-state index contributed by atoms with van der Waals surface area (Å²) in [6.45, 7) is 5.65. The first-order valence-corrected chi connectivity index (χ1v) is 9.53. The molecule has 0 amide bonds. The minimum Gasteiger partial charge on any atom is -0.480 e. The van der Waals surface area contributed by atoms with Crippen LogP contribution >= 0.6 is 0 Å². The largest absolute Gasteiger partial charge is 0.480 e. The van der Waals surface area contributed by atoms with Gasteiger partial charge in [0.25, 0.3) is 0 Å². The Balaban J connectivity index is 2.87. The van der Waals surface area contributed by atoms with Gasteiger partial charge in [0.1, 0.15) is 0 Å². The van der Waals surface area contributed by atoms with Crippen molar-refractivity contribution < 1.29 is 35.1 Å². The average molecular weight is 406 g/mol. The second kappa shape index (κ2) is 13.0. The molecule has 164 valence electrons. The summed E-state index contributed by atoms with van der Waals surface area (Å²) in [6.07, 6.45) is -2.03. The molecule has 0 spiro atoms. The average Bonchev–Trinajstić information content (AvgIpc) is 2.55. The SMILES string of the molecule is CC(O)CN1CCN(CC(=O)O)CCN(CC(=O)O)CCN(CC(O)O)CC1. The Morgan fingerprint density at radius 1 is 0.679 bits per heavy atom. The molecule has 0 aromatic carbocycles. The molecule has 11 nitrogen and oxygen atoms in total. The molecule has 0 radical (unpaired) electrons. The van der Waals surface area contributed by atoms with Gasteiger partial charge in [-0.05, 0) is 6.92 Å². The predicted octanol–water partition coefficient (Wildman–Crippen LogP) is -2.93. The smallest absolute Gasteiger partial charge is 0.317 e. The lowest BCUT2D eigenvalue weighted by Gasteiger charge is -2.34. The van der Waals surface area contributed by atoms with Gasteiger partial charge in [0.2, 0.25) is 0 Å². The molecule has 0 aromatic rings. The Kier molecular flexibility index (Phi) is 11.5. The first-order valence-electron chi connectivity index (χ1n) is 9.53. The lowest BCUT2D eigenvalue weighted by molar-refractivity contribution is -0.140. The van der Waals surface area contributed by atoms with Crippen LogP contribution in [-0.2, 0) is 9.59 Å². The Labute approximate surface area is 165 Å². The highest BCUT2D eigenvalue weighted by Gasteiger charge is 2.20. The molecule has 1 heterocycles. The highest BCUT2D eigenvalue weighted by atomic mass is 16.5. The molecule has 0 aliphatic carbocycles. The number of carboxylic acid groups (broad SMARTS) is 2. The van der Waals surface area contributed by atoms with Gasteiger partial charge in [-0.3, -0.25) is 29.2 Å². The fraction of sp³-hybridized carbons (Fsp3) is 0.882. The number of aliphatic hydroxyl groups is 3. The van der Waals surface area contributed by atoms with Gasteiger partial charge in [0.15, 0.2) is 6.29 Å². The molecule has 1 fully saturated rings. The number of nitrogens with zero attached hydrogens (tertiary/aromatic N) is 4. The molecule has 0 bridgehead atoms. The van der Waals surface area contributed by atoms with E-state index in [1.165, 1.54) is 0 Å². The molecule has 0 saturated carbocycles. The predicted molar refractivity (Wildman–Crippen MR) is 101 cm³/mol. The van der Waals surface area contributed by atoms with Crippen LogP contribution in [0.4, 0.5) is 0 Å². The van der Waals surface area contributed by atoms with E-state index in [2.05, 4.69) is 0 Å². The van der Waals surface area contributed by atoms with Gasteiger partial charge in [-0.1, -0.05) is 0 Å². The van der Waals surface area contributed by atoms with E-state index in [0.717, 1.165) is 0 Å². The van der Waals surface area contributed by atoms with E-state index in [4.69, 9.17) is 10.2 Å². The van der Waals surface area contributed by atoms with Crippen molar-refractivity contribution >= 4 is 11.9 Å². The summed E-state index contributed by atoms with van der Waals surface area (Å²) in [5.41, 5.74) is 0. The summed E-state index contributed by atoms with van der Waals surface area (Å²) < 4.78 is 0. The van der Waals surface area contributed by atoms with Crippen LogP contribution in [0.2, 0.25) is 0 Å². The molecule has 0 aromatic heterocycles. The fourth-order valence-electron chi connectivity index (χ4n) is 3.25. The Morgan fingerprint density at radius 2 is 1.00 bits per heavy atom. The third-order valence-corrected chi connectivity index (χ3v) is 4.59. The summed E-state index contributed by atoms with van der Waals surface area (Å²) in [5, 5.41) is 46.6. The molecular weight excluding hydrogens is 372 g/mol. The van der Waals surface area contributed by atoms with Gasteiger partial charge < -0.3 is 25.5 Å². The molecule has 1 aliphatic rings. The van der Waals surface area contributed by atoms with Gasteiger partial charge in [0.05, 0.1) is 19.2 Å². The number of carboxylic acids is 2. The lowest BCUT2D eigenvalue weighted by atomic mass is 10.3. The second-order valence-corrected chi connectivity index (χ2v) is 7.27. The van der Waals surface area contributed by atoms with Crippen molar-refractivity contribution in [3.05, 3.63) is 0 Å². The minimum atomic E-state index is -1.49. The molecule has 1 aliphatic heterocycles. The summed E-state index contributed by atoms with van der Waals surface area (Å²) in [7, 11) is 0. The van der Waals surface area contributed by atoms with Crippen LogP contribution in [0.25, 0.3) is 0 Å². The van der Waals surface area contributed by atoms with Crippen LogP contribution in [0, 0.1) is 0 Å². The monoisotopic (exact) mass is 406 g/mol. The van der Waals surface area contributed by atoms with Crippen LogP contribution in [0.1, 0.15) is 6.92 Å². The van der Waals surface area contributed by atoms with Gasteiger partial charge in [-0.25, -0.2) is 0 Å². The van der Waals surface area contributed by atoms with E-state index in [-0.39, 0.29) is 19.6 Å². The van der Waals surface area contributed by atoms with Crippen LogP contribution in [0.3, 0.4) is 0 Å². The number of hydrogen-bond acceptors (Lipinski definition) is 9. The highest BCUT2D eigenvalue weighted by Crippen LogP contribution is 2.02. The van der Waals surface area contributed by atoms with Crippen molar-refractivity contribution in [3.63, 3.8) is 0 Å². The van der Waals surface area contributed by atoms with Gasteiger partial charge >= 0.3 is 11.9 Å². The van der Waals surface area contributed by atoms with E-state index in [0.29, 0.717) is 58.9 Å². The van der Waals surface area contributed by atoms with Crippen molar-refractivity contribution in [3.8, 4) is 0 Å². The minimum absolute atomic E-state index is 0.0502. The number of rotatable bonds is 8. The van der Waals surface area contributed by atoms with E-state index in [1.54, 1.807) is 16.7 Å². The second-order valence-electron chi connectivity index (χ2n) is 7.27. The quantitative estimate of drug-likeness (QED) is 0.264. The number of carbonyl (C=O) groups is 2. The molecule has 1 atom stereocenters. The molecule has 1 saturated heterocycles. The van der Waals surface area contributed by atoms with E-state index in [1.807, 2.05) is 9.80 Å². The topological polar surface area (TPSA) is 148 Å². The van der Waals surface area contributed by atoms with Gasteiger partial charge in [-0.15, -0.1) is 0 Å². The Bertz CT molecular complexity index is 436. The van der Waals surface area contributed by atoms with Crippen LogP contribution in [0.15, 0.2) is 0 Å². The normalized spacial score (nSPS) is 21.2. The van der Waals surface area contributed by atoms with Gasteiger partial charge in [0, 0.05) is 65.4 Å². The first kappa shape index (κ1) is 24.7. The van der Waals surface area contributed by atoms with Crippen LogP contribution in [-0.4, -0.2) is 148 Å². The van der Waals surface area contributed by atoms with E-state index >= 15 is 0 Å². The molecule has 28 heavy (non-hydrogen) atoms. The zero-order valence-corrected chi connectivity index (χ0v) is 16.5. The molecule has 5 N–H and O–H groups in total. The number of β-amino-alcohol motifs (C(OH)–C–C–N with tert-alkyl or cyclic N) is 3. The third kappa shape index (κ3) is 11.5. The lowest BCUT2D eigenvalue weighted by Crippen LogP contribution is -2.49. The highest BCUT2D eigenvalue weighted by molar-refractivity contribution is 5.69. The van der Waals surface area contributed by atoms with E-state index < -0.39 is 24.3 Å². The maximum Gasteiger partial charge on any atom is 0.317 e. The Morgan fingerprint density at radius 3 is 1.29 bits per heavy atom. The van der Waals surface area contributed by atoms with Crippen molar-refractivity contribution in [2.45, 2.75) is 19.3 Å². The fourth-order valence-corrected chi connectivity index (χ4v) is 3.25. The van der Waals surface area contributed by atoms with Gasteiger partial charge in [-0.2, -0.15) is 0 Å². The molecule has 1 rings (SSSR count). The van der Waals surface area contributed by atoms with Crippen molar-refractivity contribution in [2.24, 2.45) is 0 Å². The maximum absolute atomic E-state index is 11.1. The molecular formula is C17H34N4O7. The van der Waals surface area contributed by atoms with Crippen LogP contribution < -0.4 is 0 Å². The summed E-state index contributed by atoms with van der Waals surface area (Å²) >= 11 is 0. The van der Waals surface area contributed by atoms with Crippen molar-refractivity contribution in [1.82, 2.24) is 19.6 Å². The third-order valence-electron chi connectivity index (χ3n) is 4.59. The number of aliphatic carboxylic acids is 2. The molecule has 11 heteroatoms. The molecule has 1 unspecified atom stereocenters. The Hall–Kier alpha value is -1.34. The zero-order valence-electron chi connectivity index (χ0n) is 16.5. The summed E-state index contributed by atoms with van der Waals surface area (Å²) in [5.74, 6) is -1.91. The van der Waals surface area contributed by atoms with Crippen molar-refractivity contribution in [2.75, 3.05) is 78.5 Å². The summed E-state index contributed by atoms with van der Waals surface area (Å²) in [4.78, 5) is 29.6. The maximum atomic E-state index is 11.1. The standard InChI is InChI=1S/C17H34N4O7/c1-14(22)10-18-2-4-19(11-15(23)24)6-8-21(13-17(27)28)9-7-20(5-3-18)12-16(25)26/h14-15,22-24H,2-13H2,1H3,(H,25,26)(H,27,28). The van der Waals surface area contributed by atoms with E-state index in [9.17, 15) is 24.9 Å². The summed E-state index contributed by atoms with van der Waals surface area (Å²) in [6, 6.07) is 0. The van der Waals surface area contributed by atoms with Crippen LogP contribution in [0.5, 0.6) is 0 Å². The number of hydrogen-bond donors (Lipinski definition) is 5. The van der Waals surface area contributed by atoms with Crippen molar-refractivity contribution in [1.29, 1.82) is 0 Å². The number of aliphatic hydroxyl groups excluding tert-OH is 2.